The van der Waals surface area contributed by atoms with Crippen LogP contribution in [0, 0.1) is 5.82 Å². The zero-order valence-corrected chi connectivity index (χ0v) is 10.4. The van der Waals surface area contributed by atoms with Crippen LogP contribution in [0.2, 0.25) is 0 Å². The number of rotatable bonds is 4. The van der Waals surface area contributed by atoms with Gasteiger partial charge in [0.15, 0.2) is 0 Å². The van der Waals surface area contributed by atoms with Crippen molar-refractivity contribution in [3.05, 3.63) is 53.2 Å². The molecule has 1 aromatic carbocycles. The second kappa shape index (κ2) is 5.47. The highest BCUT2D eigenvalue weighted by Crippen LogP contribution is 2.31. The molecule has 0 saturated heterocycles. The fourth-order valence-corrected chi connectivity index (χ4v) is 1.61. The Kier molecular flexibility index (Phi) is 3.88. The quantitative estimate of drug-likeness (QED) is 0.844. The summed E-state index contributed by atoms with van der Waals surface area (Å²) < 4.78 is 55.9. The van der Waals surface area contributed by atoms with E-state index in [2.05, 4.69) is 5.32 Å². The normalized spacial score (nSPS) is 11.4. The lowest BCUT2D eigenvalue weighted by Gasteiger charge is -2.10. The Morgan fingerprint density at radius 2 is 1.95 bits per heavy atom. The van der Waals surface area contributed by atoms with Gasteiger partial charge in [-0.25, -0.2) is 9.18 Å². The number of hydrogen-bond acceptors (Lipinski definition) is 3. The molecule has 2 rings (SSSR count). The van der Waals surface area contributed by atoms with Gasteiger partial charge in [0.25, 0.3) is 0 Å². The second-order valence-electron chi connectivity index (χ2n) is 4.12. The average Bonchev–Trinajstić information content (AvgIpc) is 2.85. The van der Waals surface area contributed by atoms with Crippen LogP contribution >= 0.6 is 0 Å². The lowest BCUT2D eigenvalue weighted by Crippen LogP contribution is -2.07. The summed E-state index contributed by atoms with van der Waals surface area (Å²) in [5.41, 5.74) is -1.34. The highest BCUT2D eigenvalue weighted by Gasteiger charge is 2.31. The first-order valence-electron chi connectivity index (χ1n) is 5.70. The summed E-state index contributed by atoms with van der Waals surface area (Å²) in [6.45, 7) is -0.147. The van der Waals surface area contributed by atoms with Crippen molar-refractivity contribution in [1.82, 2.24) is 0 Å². The van der Waals surface area contributed by atoms with E-state index < -0.39 is 23.5 Å². The monoisotopic (exact) mass is 303 g/mol. The van der Waals surface area contributed by atoms with E-state index in [9.17, 15) is 22.4 Å². The van der Waals surface area contributed by atoms with Crippen LogP contribution in [-0.4, -0.2) is 11.1 Å². The van der Waals surface area contributed by atoms with Crippen molar-refractivity contribution >= 4 is 11.7 Å². The number of furan rings is 1. The smallest absolute Gasteiger partial charge is 0.416 e. The second-order valence-corrected chi connectivity index (χ2v) is 4.12. The van der Waals surface area contributed by atoms with Gasteiger partial charge in [-0.2, -0.15) is 13.2 Å². The van der Waals surface area contributed by atoms with Crippen molar-refractivity contribution in [2.24, 2.45) is 0 Å². The molecule has 1 aromatic heterocycles. The van der Waals surface area contributed by atoms with Gasteiger partial charge in [-0.05, 0) is 30.3 Å². The molecule has 0 fully saturated rings. The number of carboxylic acids is 1. The van der Waals surface area contributed by atoms with Crippen molar-refractivity contribution < 1.29 is 31.9 Å². The molecule has 0 aliphatic heterocycles. The van der Waals surface area contributed by atoms with Gasteiger partial charge in [0.1, 0.15) is 11.6 Å². The third kappa shape index (κ3) is 3.53. The average molecular weight is 303 g/mol. The van der Waals surface area contributed by atoms with Crippen LogP contribution in [0.25, 0.3) is 0 Å². The number of carboxylic acid groups (broad SMARTS) is 1. The maximum Gasteiger partial charge on any atom is 0.416 e. The molecule has 0 spiro atoms. The lowest BCUT2D eigenvalue weighted by atomic mass is 10.2. The van der Waals surface area contributed by atoms with E-state index in [4.69, 9.17) is 9.52 Å². The van der Waals surface area contributed by atoms with Crippen molar-refractivity contribution in [3.63, 3.8) is 0 Å². The van der Waals surface area contributed by atoms with E-state index in [1.165, 1.54) is 12.1 Å². The summed E-state index contributed by atoms with van der Waals surface area (Å²) in [5, 5.41) is 11.1. The first-order valence-corrected chi connectivity index (χ1v) is 5.70. The third-order valence-corrected chi connectivity index (χ3v) is 2.62. The Balaban J connectivity index is 2.13. The zero-order valence-electron chi connectivity index (χ0n) is 10.4. The molecule has 4 nitrogen and oxygen atoms in total. The number of alkyl halides is 3. The summed E-state index contributed by atoms with van der Waals surface area (Å²) in [5.74, 6) is -2.28. The number of nitrogens with one attached hydrogen (secondary N) is 1. The van der Waals surface area contributed by atoms with Gasteiger partial charge in [0, 0.05) is 0 Å². The molecule has 0 amide bonds. The molecule has 0 atom stereocenters. The minimum atomic E-state index is -4.58. The van der Waals surface area contributed by atoms with Crippen LogP contribution in [-0.2, 0) is 12.7 Å². The molecule has 21 heavy (non-hydrogen) atoms. The number of aromatic carboxylic acids is 1. The molecular formula is C13H9F4NO3. The maximum atomic E-state index is 13.4. The van der Waals surface area contributed by atoms with Crippen LogP contribution in [0.5, 0.6) is 0 Å². The van der Waals surface area contributed by atoms with Gasteiger partial charge in [0.05, 0.1) is 17.8 Å². The van der Waals surface area contributed by atoms with Gasteiger partial charge in [-0.3, -0.25) is 0 Å². The van der Waals surface area contributed by atoms with Crippen LogP contribution in [0.15, 0.2) is 34.7 Å². The molecule has 2 aromatic rings. The molecule has 0 aliphatic carbocycles. The van der Waals surface area contributed by atoms with Crippen LogP contribution in [0.4, 0.5) is 23.2 Å². The number of halogens is 4. The number of anilines is 1. The van der Waals surface area contributed by atoms with Crippen LogP contribution in [0.1, 0.15) is 21.9 Å². The van der Waals surface area contributed by atoms with E-state index in [1.807, 2.05) is 0 Å². The SMILES string of the molecule is O=C(O)c1ccc(CNc2cc(C(F)(F)F)ccc2F)o1. The Labute approximate surface area is 116 Å². The predicted molar refractivity (Wildman–Crippen MR) is 64.4 cm³/mol. The number of hydrogen-bond donors (Lipinski definition) is 2. The van der Waals surface area contributed by atoms with Crippen molar-refractivity contribution in [3.8, 4) is 0 Å². The first-order chi connectivity index (χ1) is 9.77. The lowest BCUT2D eigenvalue weighted by molar-refractivity contribution is -0.137. The van der Waals surface area contributed by atoms with Crippen molar-refractivity contribution in [2.75, 3.05) is 5.32 Å². The molecule has 8 heteroatoms. The van der Waals surface area contributed by atoms with E-state index in [-0.39, 0.29) is 23.8 Å². The molecule has 0 bridgehead atoms. The molecule has 0 saturated carbocycles. The largest absolute Gasteiger partial charge is 0.475 e. The molecule has 0 unspecified atom stereocenters. The molecule has 112 valence electrons. The predicted octanol–water partition coefficient (Wildman–Crippen LogP) is 3.75. The highest BCUT2D eigenvalue weighted by atomic mass is 19.4. The standard InChI is InChI=1S/C13H9F4NO3/c14-9-3-1-7(13(15,16)17)5-10(9)18-6-8-2-4-11(21-8)12(19)20/h1-5,18H,6H2,(H,19,20). The molecule has 1 heterocycles. The van der Waals surface area contributed by atoms with Gasteiger partial charge >= 0.3 is 12.1 Å². The Hall–Kier alpha value is -2.51. The third-order valence-electron chi connectivity index (χ3n) is 2.62. The topological polar surface area (TPSA) is 62.5 Å². The number of carbonyl (C=O) groups is 1. The van der Waals surface area contributed by atoms with Gasteiger partial charge in [-0.1, -0.05) is 0 Å². The Morgan fingerprint density at radius 3 is 2.52 bits per heavy atom. The molecule has 0 aliphatic rings. The number of benzene rings is 1. The van der Waals surface area contributed by atoms with Gasteiger partial charge in [-0.15, -0.1) is 0 Å². The van der Waals surface area contributed by atoms with E-state index in [0.717, 1.165) is 0 Å². The van der Waals surface area contributed by atoms with E-state index in [1.54, 1.807) is 0 Å². The minimum absolute atomic E-state index is 0.147. The summed E-state index contributed by atoms with van der Waals surface area (Å²) in [6, 6.07) is 4.51. The van der Waals surface area contributed by atoms with E-state index >= 15 is 0 Å². The van der Waals surface area contributed by atoms with Crippen molar-refractivity contribution in [2.45, 2.75) is 12.7 Å². The summed E-state index contributed by atoms with van der Waals surface area (Å²) in [6.07, 6.45) is -4.58. The molecule has 2 N–H and O–H groups in total. The highest BCUT2D eigenvalue weighted by molar-refractivity contribution is 5.84. The zero-order chi connectivity index (χ0) is 15.6. The summed E-state index contributed by atoms with van der Waals surface area (Å²) >= 11 is 0. The molecule has 0 radical (unpaired) electrons. The van der Waals surface area contributed by atoms with E-state index in [0.29, 0.717) is 18.2 Å². The molecular weight excluding hydrogens is 294 g/mol. The van der Waals surface area contributed by atoms with Crippen LogP contribution < -0.4 is 5.32 Å². The maximum absolute atomic E-state index is 13.4. The first kappa shape index (κ1) is 14.9. The Bertz CT molecular complexity index is 664. The summed E-state index contributed by atoms with van der Waals surface area (Å²) in [7, 11) is 0. The summed E-state index contributed by atoms with van der Waals surface area (Å²) in [4.78, 5) is 10.6. The van der Waals surface area contributed by atoms with Crippen molar-refractivity contribution in [1.29, 1.82) is 0 Å². The Morgan fingerprint density at radius 1 is 1.24 bits per heavy atom. The fraction of sp³-hybridized carbons (Fsp3) is 0.154. The van der Waals surface area contributed by atoms with Crippen LogP contribution in [0.3, 0.4) is 0 Å². The minimum Gasteiger partial charge on any atom is -0.475 e. The van der Waals surface area contributed by atoms with Gasteiger partial charge in [0.2, 0.25) is 5.76 Å². The fourth-order valence-electron chi connectivity index (χ4n) is 1.61. The van der Waals surface area contributed by atoms with Gasteiger partial charge < -0.3 is 14.8 Å².